The van der Waals surface area contributed by atoms with Gasteiger partial charge in [0.25, 0.3) is 0 Å². The Hall–Kier alpha value is -2.46. The van der Waals surface area contributed by atoms with Crippen molar-refractivity contribution in [1.82, 2.24) is 15.3 Å². The average Bonchev–Trinajstić information content (AvgIpc) is 2.53. The lowest BCUT2D eigenvalue weighted by molar-refractivity contribution is 0.481. The number of fused-ring (bicyclic) bond motifs is 1. The van der Waals surface area contributed by atoms with Crippen LogP contribution < -0.4 is 10.1 Å². The number of hydrogen-bond donors (Lipinski definition) is 1. The first-order valence-electron chi connectivity index (χ1n) is 7.03. The van der Waals surface area contributed by atoms with Gasteiger partial charge in [-0.25, -0.2) is 0 Å². The molecule has 0 fully saturated rings. The molecule has 0 saturated carbocycles. The fourth-order valence-electron chi connectivity index (χ4n) is 2.12. The molecule has 3 aromatic rings. The van der Waals surface area contributed by atoms with E-state index in [1.807, 2.05) is 42.5 Å². The van der Waals surface area contributed by atoms with Crippen LogP contribution in [0.4, 0.5) is 0 Å². The largest absolute Gasteiger partial charge is 0.457 e. The van der Waals surface area contributed by atoms with Crippen LogP contribution in [0.1, 0.15) is 12.6 Å². The molecule has 0 spiro atoms. The zero-order chi connectivity index (χ0) is 14.5. The van der Waals surface area contributed by atoms with Crippen molar-refractivity contribution in [3.05, 3.63) is 60.6 Å². The number of pyridine rings is 2. The highest BCUT2D eigenvalue weighted by Gasteiger charge is 2.02. The molecule has 2 aromatic heterocycles. The SMILES string of the molecule is CCNCc1cc(Oc2ccc3cccnc3c2)ccn1. The molecule has 0 saturated heterocycles. The molecule has 0 radical (unpaired) electrons. The molecule has 1 aromatic carbocycles. The number of ether oxygens (including phenoxy) is 1. The first kappa shape index (κ1) is 13.5. The second-order valence-electron chi connectivity index (χ2n) is 4.72. The lowest BCUT2D eigenvalue weighted by atomic mass is 10.2. The van der Waals surface area contributed by atoms with Crippen molar-refractivity contribution < 1.29 is 4.74 Å². The van der Waals surface area contributed by atoms with Crippen LogP contribution in [0.15, 0.2) is 54.9 Å². The Bertz CT molecular complexity index is 743. The Morgan fingerprint density at radius 2 is 1.90 bits per heavy atom. The Kier molecular flexibility index (Phi) is 4.07. The standard InChI is InChI=1S/C17H17N3O/c1-2-18-12-14-10-16(7-9-19-14)21-15-6-5-13-4-3-8-20-17(13)11-15/h3-11,18H,2,12H2,1H3. The molecule has 106 valence electrons. The quantitative estimate of drug-likeness (QED) is 0.776. The topological polar surface area (TPSA) is 47.0 Å². The van der Waals surface area contributed by atoms with E-state index in [2.05, 4.69) is 22.2 Å². The normalized spacial score (nSPS) is 10.7. The van der Waals surface area contributed by atoms with E-state index in [-0.39, 0.29) is 0 Å². The minimum Gasteiger partial charge on any atom is -0.457 e. The molecule has 0 aliphatic heterocycles. The zero-order valence-corrected chi connectivity index (χ0v) is 11.9. The van der Waals surface area contributed by atoms with Crippen LogP contribution in [0.25, 0.3) is 10.9 Å². The summed E-state index contributed by atoms with van der Waals surface area (Å²) in [6.45, 7) is 3.73. The molecular formula is C17H17N3O. The molecule has 21 heavy (non-hydrogen) atoms. The Balaban J connectivity index is 1.81. The predicted molar refractivity (Wildman–Crippen MR) is 83.4 cm³/mol. The summed E-state index contributed by atoms with van der Waals surface area (Å²) in [7, 11) is 0. The van der Waals surface area contributed by atoms with Crippen LogP contribution in [0.5, 0.6) is 11.5 Å². The summed E-state index contributed by atoms with van der Waals surface area (Å²) >= 11 is 0. The van der Waals surface area contributed by atoms with Crippen molar-refractivity contribution in [3.63, 3.8) is 0 Å². The fourth-order valence-corrected chi connectivity index (χ4v) is 2.12. The molecule has 0 amide bonds. The molecule has 3 rings (SSSR count). The lowest BCUT2D eigenvalue weighted by Crippen LogP contribution is -2.12. The van der Waals surface area contributed by atoms with E-state index in [0.717, 1.165) is 41.2 Å². The maximum atomic E-state index is 5.90. The molecular weight excluding hydrogens is 262 g/mol. The van der Waals surface area contributed by atoms with Gasteiger partial charge in [0, 0.05) is 36.5 Å². The lowest BCUT2D eigenvalue weighted by Gasteiger charge is -2.08. The number of nitrogens with one attached hydrogen (secondary N) is 1. The van der Waals surface area contributed by atoms with Crippen LogP contribution in [-0.2, 0) is 6.54 Å². The third-order valence-corrected chi connectivity index (χ3v) is 3.16. The maximum Gasteiger partial charge on any atom is 0.130 e. The van der Waals surface area contributed by atoms with E-state index in [4.69, 9.17) is 4.74 Å². The second-order valence-corrected chi connectivity index (χ2v) is 4.72. The Labute approximate surface area is 123 Å². The van der Waals surface area contributed by atoms with E-state index in [0.29, 0.717) is 0 Å². The summed E-state index contributed by atoms with van der Waals surface area (Å²) < 4.78 is 5.90. The molecule has 0 aliphatic rings. The van der Waals surface area contributed by atoms with E-state index in [1.165, 1.54) is 0 Å². The number of nitrogens with zero attached hydrogens (tertiary/aromatic N) is 2. The van der Waals surface area contributed by atoms with Crippen molar-refractivity contribution in [3.8, 4) is 11.5 Å². The van der Waals surface area contributed by atoms with Gasteiger partial charge in [0.05, 0.1) is 11.2 Å². The average molecular weight is 279 g/mol. The number of hydrogen-bond acceptors (Lipinski definition) is 4. The minimum absolute atomic E-state index is 0.743. The number of rotatable bonds is 5. The highest BCUT2D eigenvalue weighted by Crippen LogP contribution is 2.24. The minimum atomic E-state index is 0.743. The van der Waals surface area contributed by atoms with Crippen molar-refractivity contribution in [2.24, 2.45) is 0 Å². The molecule has 1 N–H and O–H groups in total. The fraction of sp³-hybridized carbons (Fsp3) is 0.176. The van der Waals surface area contributed by atoms with Crippen LogP contribution in [0.2, 0.25) is 0 Å². The summed E-state index contributed by atoms with van der Waals surface area (Å²) in [6.07, 6.45) is 3.55. The molecule has 4 nitrogen and oxygen atoms in total. The monoisotopic (exact) mass is 279 g/mol. The Morgan fingerprint density at radius 1 is 1.00 bits per heavy atom. The van der Waals surface area contributed by atoms with Crippen LogP contribution >= 0.6 is 0 Å². The summed E-state index contributed by atoms with van der Waals surface area (Å²) in [6, 6.07) is 13.7. The molecule has 2 heterocycles. The number of benzene rings is 1. The van der Waals surface area contributed by atoms with Crippen LogP contribution in [0, 0.1) is 0 Å². The molecule has 0 aliphatic carbocycles. The molecule has 4 heteroatoms. The second kappa shape index (κ2) is 6.33. The first-order chi connectivity index (χ1) is 10.3. The van der Waals surface area contributed by atoms with Gasteiger partial charge in [-0.1, -0.05) is 13.0 Å². The highest BCUT2D eigenvalue weighted by atomic mass is 16.5. The smallest absolute Gasteiger partial charge is 0.130 e. The van der Waals surface area contributed by atoms with E-state index < -0.39 is 0 Å². The van der Waals surface area contributed by atoms with Crippen LogP contribution in [-0.4, -0.2) is 16.5 Å². The van der Waals surface area contributed by atoms with Gasteiger partial charge in [-0.2, -0.15) is 0 Å². The number of aromatic nitrogens is 2. The van der Waals surface area contributed by atoms with Crippen molar-refractivity contribution in [2.75, 3.05) is 6.54 Å². The van der Waals surface area contributed by atoms with Crippen molar-refractivity contribution >= 4 is 10.9 Å². The van der Waals surface area contributed by atoms with Gasteiger partial charge in [-0.3, -0.25) is 9.97 Å². The van der Waals surface area contributed by atoms with E-state index >= 15 is 0 Å². The van der Waals surface area contributed by atoms with Gasteiger partial charge >= 0.3 is 0 Å². The molecule has 0 atom stereocenters. The predicted octanol–water partition coefficient (Wildman–Crippen LogP) is 3.53. The van der Waals surface area contributed by atoms with Crippen LogP contribution in [0.3, 0.4) is 0 Å². The van der Waals surface area contributed by atoms with Gasteiger partial charge in [0.2, 0.25) is 0 Å². The molecule has 0 unspecified atom stereocenters. The van der Waals surface area contributed by atoms with Gasteiger partial charge in [0.15, 0.2) is 0 Å². The highest BCUT2D eigenvalue weighted by molar-refractivity contribution is 5.79. The summed E-state index contributed by atoms with van der Waals surface area (Å²) in [4.78, 5) is 8.65. The van der Waals surface area contributed by atoms with Gasteiger partial charge < -0.3 is 10.1 Å². The van der Waals surface area contributed by atoms with Gasteiger partial charge in [-0.05, 0) is 30.8 Å². The van der Waals surface area contributed by atoms with Gasteiger partial charge in [0.1, 0.15) is 11.5 Å². The summed E-state index contributed by atoms with van der Waals surface area (Å²) in [5, 5.41) is 4.36. The third kappa shape index (κ3) is 3.35. The third-order valence-electron chi connectivity index (χ3n) is 3.16. The zero-order valence-electron chi connectivity index (χ0n) is 11.9. The van der Waals surface area contributed by atoms with E-state index in [1.54, 1.807) is 12.4 Å². The summed E-state index contributed by atoms with van der Waals surface area (Å²) in [5.41, 5.74) is 1.89. The van der Waals surface area contributed by atoms with Crippen molar-refractivity contribution in [2.45, 2.75) is 13.5 Å². The molecule has 0 bridgehead atoms. The maximum absolute atomic E-state index is 5.90. The van der Waals surface area contributed by atoms with Crippen molar-refractivity contribution in [1.29, 1.82) is 0 Å². The van der Waals surface area contributed by atoms with Gasteiger partial charge in [-0.15, -0.1) is 0 Å². The first-order valence-corrected chi connectivity index (χ1v) is 7.03. The summed E-state index contributed by atoms with van der Waals surface area (Å²) in [5.74, 6) is 1.56. The Morgan fingerprint density at radius 3 is 2.81 bits per heavy atom. The van der Waals surface area contributed by atoms with E-state index in [9.17, 15) is 0 Å².